The second-order valence-corrected chi connectivity index (χ2v) is 7.67. The highest BCUT2D eigenvalue weighted by molar-refractivity contribution is 7.99. The van der Waals surface area contributed by atoms with Gasteiger partial charge in [0, 0.05) is 10.3 Å². The normalized spacial score (nSPS) is 12.6. The number of thiophene rings is 1. The summed E-state index contributed by atoms with van der Waals surface area (Å²) in [7, 11) is 0. The predicted octanol–water partition coefficient (Wildman–Crippen LogP) is 4.90. The van der Waals surface area contributed by atoms with Crippen LogP contribution in [0.1, 0.15) is 23.9 Å². The fourth-order valence-corrected chi connectivity index (χ4v) is 4.36. The van der Waals surface area contributed by atoms with Crippen LogP contribution in [0.5, 0.6) is 0 Å². The summed E-state index contributed by atoms with van der Waals surface area (Å²) in [5, 5.41) is 5.88. The minimum Gasteiger partial charge on any atom is -0.338 e. The number of thioether (sulfide) groups is 1. The van der Waals surface area contributed by atoms with Crippen LogP contribution in [0.2, 0.25) is 0 Å². The highest BCUT2D eigenvalue weighted by Crippen LogP contribution is 2.40. The number of nitrogens with zero attached hydrogens (tertiary/aromatic N) is 4. The van der Waals surface area contributed by atoms with Crippen molar-refractivity contribution in [2.75, 3.05) is 0 Å². The molecule has 0 bridgehead atoms. The summed E-state index contributed by atoms with van der Waals surface area (Å²) in [6.45, 7) is 3.86. The molecular formula is C17H14N4OS2. The first-order valence-electron chi connectivity index (χ1n) is 7.47. The molecule has 1 unspecified atom stereocenters. The molecule has 4 aromatic rings. The molecule has 5 nitrogen and oxygen atoms in total. The summed E-state index contributed by atoms with van der Waals surface area (Å²) < 4.78 is 5.26. The van der Waals surface area contributed by atoms with Crippen LogP contribution in [-0.4, -0.2) is 20.1 Å². The third-order valence-corrected chi connectivity index (χ3v) is 5.73. The van der Waals surface area contributed by atoms with Crippen LogP contribution in [0.4, 0.5) is 0 Å². The summed E-state index contributed by atoms with van der Waals surface area (Å²) in [4.78, 5) is 15.3. The molecule has 24 heavy (non-hydrogen) atoms. The molecule has 0 radical (unpaired) electrons. The topological polar surface area (TPSA) is 64.7 Å². The van der Waals surface area contributed by atoms with Crippen molar-refractivity contribution in [2.45, 2.75) is 24.1 Å². The first-order chi connectivity index (χ1) is 11.7. The Hall–Kier alpha value is -2.25. The van der Waals surface area contributed by atoms with Crippen molar-refractivity contribution >= 4 is 33.3 Å². The molecule has 120 valence electrons. The van der Waals surface area contributed by atoms with E-state index in [0.29, 0.717) is 11.7 Å². The Kier molecular flexibility index (Phi) is 4.03. The van der Waals surface area contributed by atoms with Gasteiger partial charge in [-0.05, 0) is 25.5 Å². The van der Waals surface area contributed by atoms with Gasteiger partial charge in [0.1, 0.15) is 16.2 Å². The lowest BCUT2D eigenvalue weighted by Gasteiger charge is -2.05. The van der Waals surface area contributed by atoms with E-state index in [1.807, 2.05) is 32.0 Å². The summed E-state index contributed by atoms with van der Waals surface area (Å²) >= 11 is 3.28. The van der Waals surface area contributed by atoms with E-state index in [9.17, 15) is 0 Å². The van der Waals surface area contributed by atoms with Crippen LogP contribution in [0.15, 0.2) is 52.3 Å². The summed E-state index contributed by atoms with van der Waals surface area (Å²) in [6.07, 6.45) is 1.61. The number of hydrogen-bond donors (Lipinski definition) is 0. The zero-order chi connectivity index (χ0) is 16.5. The SMILES string of the molecule is Cc1noc(C(C)Sc2ncnc3sc(-c4ccccc4)cc23)n1. The van der Waals surface area contributed by atoms with Crippen LogP contribution in [0.25, 0.3) is 20.7 Å². The van der Waals surface area contributed by atoms with Gasteiger partial charge in [0.05, 0.1) is 5.25 Å². The van der Waals surface area contributed by atoms with Crippen molar-refractivity contribution in [2.24, 2.45) is 0 Å². The lowest BCUT2D eigenvalue weighted by molar-refractivity contribution is 0.376. The van der Waals surface area contributed by atoms with E-state index in [1.165, 1.54) is 10.4 Å². The van der Waals surface area contributed by atoms with Crippen molar-refractivity contribution < 1.29 is 4.52 Å². The van der Waals surface area contributed by atoms with Crippen molar-refractivity contribution in [3.8, 4) is 10.4 Å². The molecule has 0 spiro atoms. The maximum absolute atomic E-state index is 5.26. The summed E-state index contributed by atoms with van der Waals surface area (Å²) in [5.74, 6) is 1.26. The molecule has 1 atom stereocenters. The van der Waals surface area contributed by atoms with Crippen LogP contribution in [0, 0.1) is 6.92 Å². The van der Waals surface area contributed by atoms with Gasteiger partial charge in [0.2, 0.25) is 5.89 Å². The fourth-order valence-electron chi connectivity index (χ4n) is 2.37. The Morgan fingerprint density at radius 1 is 1.17 bits per heavy atom. The van der Waals surface area contributed by atoms with Gasteiger partial charge in [-0.3, -0.25) is 0 Å². The average molecular weight is 354 g/mol. The number of aryl methyl sites for hydroxylation is 1. The molecule has 3 aromatic heterocycles. The highest BCUT2D eigenvalue weighted by Gasteiger charge is 2.18. The largest absolute Gasteiger partial charge is 0.338 e. The molecule has 0 aliphatic rings. The van der Waals surface area contributed by atoms with E-state index in [1.54, 1.807) is 29.4 Å². The maximum atomic E-state index is 5.26. The van der Waals surface area contributed by atoms with E-state index in [2.05, 4.69) is 38.3 Å². The lowest BCUT2D eigenvalue weighted by atomic mass is 10.2. The lowest BCUT2D eigenvalue weighted by Crippen LogP contribution is -1.91. The molecule has 0 aliphatic heterocycles. The monoisotopic (exact) mass is 354 g/mol. The van der Waals surface area contributed by atoms with Crippen molar-refractivity contribution in [1.29, 1.82) is 0 Å². The Labute approximate surface area is 147 Å². The number of benzene rings is 1. The molecule has 0 saturated heterocycles. The first kappa shape index (κ1) is 15.3. The smallest absolute Gasteiger partial charge is 0.239 e. The zero-order valence-electron chi connectivity index (χ0n) is 13.1. The minimum atomic E-state index is 0.0318. The number of fused-ring (bicyclic) bond motifs is 1. The molecule has 7 heteroatoms. The molecule has 3 heterocycles. The van der Waals surface area contributed by atoms with Crippen molar-refractivity contribution in [3.05, 3.63) is 54.4 Å². The molecule has 0 saturated carbocycles. The Balaban J connectivity index is 1.70. The molecule has 1 aromatic carbocycles. The molecule has 0 N–H and O–H groups in total. The minimum absolute atomic E-state index is 0.0318. The quantitative estimate of drug-likeness (QED) is 0.383. The van der Waals surface area contributed by atoms with Gasteiger partial charge in [-0.15, -0.1) is 11.3 Å². The molecule has 0 amide bonds. The van der Waals surface area contributed by atoms with Gasteiger partial charge in [-0.25, -0.2) is 9.97 Å². The fraction of sp³-hybridized carbons (Fsp3) is 0.176. The van der Waals surface area contributed by atoms with Crippen LogP contribution < -0.4 is 0 Å². The summed E-state index contributed by atoms with van der Waals surface area (Å²) in [6, 6.07) is 12.5. The van der Waals surface area contributed by atoms with Gasteiger partial charge < -0.3 is 4.52 Å². The van der Waals surface area contributed by atoms with E-state index in [0.717, 1.165) is 15.2 Å². The second-order valence-electron chi connectivity index (χ2n) is 5.31. The molecular weight excluding hydrogens is 340 g/mol. The molecule has 4 rings (SSSR count). The average Bonchev–Trinajstić information content (AvgIpc) is 3.22. The van der Waals surface area contributed by atoms with E-state index >= 15 is 0 Å². The second kappa shape index (κ2) is 6.33. The highest BCUT2D eigenvalue weighted by atomic mass is 32.2. The first-order valence-corrected chi connectivity index (χ1v) is 9.17. The van der Waals surface area contributed by atoms with Gasteiger partial charge in [0.25, 0.3) is 0 Å². The number of aromatic nitrogens is 4. The Bertz CT molecular complexity index is 981. The van der Waals surface area contributed by atoms with Crippen LogP contribution >= 0.6 is 23.1 Å². The van der Waals surface area contributed by atoms with E-state index < -0.39 is 0 Å². The third kappa shape index (κ3) is 2.92. The van der Waals surface area contributed by atoms with Crippen molar-refractivity contribution in [3.63, 3.8) is 0 Å². The van der Waals surface area contributed by atoms with Crippen LogP contribution in [-0.2, 0) is 0 Å². The Morgan fingerprint density at radius 2 is 2.00 bits per heavy atom. The third-order valence-electron chi connectivity index (χ3n) is 3.53. The molecule has 0 fully saturated rings. The van der Waals surface area contributed by atoms with Gasteiger partial charge in [-0.2, -0.15) is 4.98 Å². The van der Waals surface area contributed by atoms with Gasteiger partial charge in [-0.1, -0.05) is 47.3 Å². The Morgan fingerprint density at radius 3 is 2.75 bits per heavy atom. The molecule has 0 aliphatic carbocycles. The van der Waals surface area contributed by atoms with E-state index in [4.69, 9.17) is 4.52 Å². The van der Waals surface area contributed by atoms with Gasteiger partial charge in [0.15, 0.2) is 5.82 Å². The maximum Gasteiger partial charge on any atom is 0.239 e. The van der Waals surface area contributed by atoms with E-state index in [-0.39, 0.29) is 5.25 Å². The zero-order valence-corrected chi connectivity index (χ0v) is 14.8. The number of rotatable bonds is 4. The van der Waals surface area contributed by atoms with Crippen LogP contribution in [0.3, 0.4) is 0 Å². The predicted molar refractivity (Wildman–Crippen MR) is 96.2 cm³/mol. The van der Waals surface area contributed by atoms with Gasteiger partial charge >= 0.3 is 0 Å². The standard InChI is InChI=1S/C17H14N4OS2/c1-10(15-20-11(2)21-22-15)23-16-13-8-14(12-6-4-3-5-7-12)24-17(13)19-9-18-16/h3-10H,1-2H3. The van der Waals surface area contributed by atoms with Crippen molar-refractivity contribution in [1.82, 2.24) is 20.1 Å². The number of hydrogen-bond acceptors (Lipinski definition) is 7. The summed E-state index contributed by atoms with van der Waals surface area (Å²) in [5.41, 5.74) is 1.19.